The lowest BCUT2D eigenvalue weighted by molar-refractivity contribution is -0.121. The maximum atomic E-state index is 13.2. The van der Waals surface area contributed by atoms with E-state index in [-0.39, 0.29) is 18.0 Å². The number of rotatable bonds is 11. The molecule has 0 saturated heterocycles. The molecule has 3 heterocycles. The highest BCUT2D eigenvalue weighted by molar-refractivity contribution is 5.84. The molecule has 5 rings (SSSR count). The Kier molecular flexibility index (Phi) is 9.06. The largest absolute Gasteiger partial charge is 0.468 e. The summed E-state index contributed by atoms with van der Waals surface area (Å²) < 4.78 is 6.95. The molecule has 1 amide bonds. The van der Waals surface area contributed by atoms with Gasteiger partial charge in [0.15, 0.2) is 0 Å². The SMILES string of the molecule is C[C@@H]1[C@H](C)CCC[C@H]1N(CCCNC(=O)Cn1nc(Cc2cccnc2)c2ccccc2c1=O)Cc1ccco1. The van der Waals surface area contributed by atoms with Gasteiger partial charge in [-0.1, -0.05) is 51.0 Å². The molecule has 0 spiro atoms. The Labute approximate surface area is 235 Å². The standard InChI is InChI=1S/C32H39N5O3/c1-23-9-5-14-30(24(23)2)36(21-26-11-7-18-40-26)17-8-16-34-31(38)22-37-32(39)28-13-4-3-12-27(28)29(35-37)19-25-10-6-15-33-20-25/h3-4,6-7,10-13,15,18,20,23-24,30H,5,8-9,14,16-17,19,21-22H2,1-2H3,(H,34,38)/t23-,24-,30-/m1/s1. The van der Waals surface area contributed by atoms with Gasteiger partial charge in [-0.2, -0.15) is 5.10 Å². The van der Waals surface area contributed by atoms with Gasteiger partial charge in [-0.05, 0) is 54.5 Å². The van der Waals surface area contributed by atoms with E-state index in [1.807, 2.05) is 42.5 Å². The average molecular weight is 542 g/mol. The summed E-state index contributed by atoms with van der Waals surface area (Å²) in [6, 6.07) is 15.8. The first kappa shape index (κ1) is 27.8. The second-order valence-corrected chi connectivity index (χ2v) is 11.1. The van der Waals surface area contributed by atoms with Crippen molar-refractivity contribution in [2.75, 3.05) is 13.1 Å². The summed E-state index contributed by atoms with van der Waals surface area (Å²) in [5, 5.41) is 8.99. The molecule has 1 saturated carbocycles. The van der Waals surface area contributed by atoms with Gasteiger partial charge in [0, 0.05) is 43.3 Å². The number of carbonyl (C=O) groups is 1. The molecule has 210 valence electrons. The van der Waals surface area contributed by atoms with Crippen LogP contribution in [0, 0.1) is 11.8 Å². The number of amides is 1. The molecule has 1 aliphatic rings. The van der Waals surface area contributed by atoms with Gasteiger partial charge in [0.1, 0.15) is 12.3 Å². The number of hydrogen-bond acceptors (Lipinski definition) is 6. The van der Waals surface area contributed by atoms with E-state index in [1.165, 1.54) is 23.9 Å². The van der Waals surface area contributed by atoms with Crippen LogP contribution in [0.2, 0.25) is 0 Å². The number of benzene rings is 1. The molecule has 8 nitrogen and oxygen atoms in total. The number of nitrogens with one attached hydrogen (secondary N) is 1. The minimum atomic E-state index is -0.259. The number of aromatic nitrogens is 3. The summed E-state index contributed by atoms with van der Waals surface area (Å²) >= 11 is 0. The summed E-state index contributed by atoms with van der Waals surface area (Å²) in [5.74, 6) is 2.08. The molecule has 0 aliphatic heterocycles. The Balaban J connectivity index is 1.22. The van der Waals surface area contributed by atoms with E-state index in [0.717, 1.165) is 41.9 Å². The molecule has 1 aliphatic carbocycles. The van der Waals surface area contributed by atoms with Gasteiger partial charge >= 0.3 is 0 Å². The monoisotopic (exact) mass is 541 g/mol. The molecule has 4 aromatic rings. The summed E-state index contributed by atoms with van der Waals surface area (Å²) in [7, 11) is 0. The van der Waals surface area contributed by atoms with Gasteiger partial charge in [0.2, 0.25) is 5.91 Å². The molecule has 0 unspecified atom stereocenters. The lowest BCUT2D eigenvalue weighted by Gasteiger charge is -2.41. The molecule has 40 heavy (non-hydrogen) atoms. The second-order valence-electron chi connectivity index (χ2n) is 11.1. The minimum Gasteiger partial charge on any atom is -0.468 e. The van der Waals surface area contributed by atoms with Crippen LogP contribution in [0.5, 0.6) is 0 Å². The fraction of sp³-hybridized carbons (Fsp3) is 0.438. The van der Waals surface area contributed by atoms with Gasteiger partial charge in [0.05, 0.1) is 23.9 Å². The number of fused-ring (bicyclic) bond motifs is 1. The van der Waals surface area contributed by atoms with Crippen molar-refractivity contribution in [3.8, 4) is 0 Å². The van der Waals surface area contributed by atoms with E-state index < -0.39 is 0 Å². The van der Waals surface area contributed by atoms with Crippen LogP contribution in [0.25, 0.3) is 10.8 Å². The van der Waals surface area contributed by atoms with E-state index in [9.17, 15) is 9.59 Å². The Morgan fingerprint density at radius 1 is 1.10 bits per heavy atom. The molecule has 3 atom stereocenters. The van der Waals surface area contributed by atoms with E-state index in [1.54, 1.807) is 24.7 Å². The highest BCUT2D eigenvalue weighted by Gasteiger charge is 2.31. The molecule has 0 radical (unpaired) electrons. The van der Waals surface area contributed by atoms with Gasteiger partial charge < -0.3 is 9.73 Å². The van der Waals surface area contributed by atoms with Crippen molar-refractivity contribution in [3.63, 3.8) is 0 Å². The third-order valence-corrected chi connectivity index (χ3v) is 8.35. The summed E-state index contributed by atoms with van der Waals surface area (Å²) in [6.45, 7) is 6.78. The average Bonchev–Trinajstić information content (AvgIpc) is 3.48. The third kappa shape index (κ3) is 6.67. The van der Waals surface area contributed by atoms with Crippen molar-refractivity contribution in [2.45, 2.75) is 65.1 Å². The summed E-state index contributed by atoms with van der Waals surface area (Å²) in [4.78, 5) is 32.8. The fourth-order valence-corrected chi connectivity index (χ4v) is 5.97. The number of hydrogen-bond donors (Lipinski definition) is 1. The Morgan fingerprint density at radius 3 is 2.73 bits per heavy atom. The van der Waals surface area contributed by atoms with Crippen LogP contribution in [0.3, 0.4) is 0 Å². The lowest BCUT2D eigenvalue weighted by Crippen LogP contribution is -2.44. The summed E-state index contributed by atoms with van der Waals surface area (Å²) in [5.41, 5.74) is 1.49. The van der Waals surface area contributed by atoms with Crippen LogP contribution in [-0.4, -0.2) is 44.7 Å². The maximum Gasteiger partial charge on any atom is 0.275 e. The second kappa shape index (κ2) is 13.0. The van der Waals surface area contributed by atoms with Crippen LogP contribution in [-0.2, 0) is 24.3 Å². The molecule has 0 bridgehead atoms. The lowest BCUT2D eigenvalue weighted by atomic mass is 9.77. The molecule has 1 N–H and O–H groups in total. The topological polar surface area (TPSA) is 93.3 Å². The van der Waals surface area contributed by atoms with Crippen molar-refractivity contribution >= 4 is 16.7 Å². The first-order valence-corrected chi connectivity index (χ1v) is 14.4. The smallest absolute Gasteiger partial charge is 0.275 e. The zero-order valence-corrected chi connectivity index (χ0v) is 23.5. The number of carbonyl (C=O) groups excluding carboxylic acids is 1. The Bertz CT molecular complexity index is 1450. The van der Waals surface area contributed by atoms with Crippen molar-refractivity contribution in [1.29, 1.82) is 0 Å². The van der Waals surface area contributed by atoms with Crippen LogP contribution >= 0.6 is 0 Å². The van der Waals surface area contributed by atoms with Crippen LogP contribution in [0.1, 0.15) is 56.5 Å². The zero-order valence-electron chi connectivity index (χ0n) is 23.5. The Morgan fingerprint density at radius 2 is 1.95 bits per heavy atom. The predicted octanol–water partition coefficient (Wildman–Crippen LogP) is 4.81. The van der Waals surface area contributed by atoms with Gasteiger partial charge in [-0.3, -0.25) is 19.5 Å². The Hall–Kier alpha value is -3.78. The van der Waals surface area contributed by atoms with E-state index in [2.05, 4.69) is 34.1 Å². The molecule has 1 aromatic carbocycles. The molecular formula is C32H39N5O3. The molecule has 8 heteroatoms. The normalized spacial score (nSPS) is 19.2. The van der Waals surface area contributed by atoms with Crippen molar-refractivity contribution < 1.29 is 9.21 Å². The van der Waals surface area contributed by atoms with E-state index >= 15 is 0 Å². The van der Waals surface area contributed by atoms with Crippen molar-refractivity contribution in [2.24, 2.45) is 11.8 Å². The van der Waals surface area contributed by atoms with Crippen molar-refractivity contribution in [1.82, 2.24) is 25.0 Å². The van der Waals surface area contributed by atoms with E-state index in [0.29, 0.717) is 36.2 Å². The third-order valence-electron chi connectivity index (χ3n) is 8.35. The summed E-state index contributed by atoms with van der Waals surface area (Å²) in [6.07, 6.45) is 10.3. The number of pyridine rings is 1. The van der Waals surface area contributed by atoms with Gasteiger partial charge in [0.25, 0.3) is 5.56 Å². The molecular weight excluding hydrogens is 502 g/mol. The van der Waals surface area contributed by atoms with Crippen LogP contribution < -0.4 is 10.9 Å². The first-order valence-electron chi connectivity index (χ1n) is 14.4. The fourth-order valence-electron chi connectivity index (χ4n) is 5.97. The van der Waals surface area contributed by atoms with Gasteiger partial charge in [-0.25, -0.2) is 4.68 Å². The number of furan rings is 1. The first-order chi connectivity index (χ1) is 19.5. The predicted molar refractivity (Wildman–Crippen MR) is 156 cm³/mol. The quantitative estimate of drug-likeness (QED) is 0.274. The minimum absolute atomic E-state index is 0.114. The van der Waals surface area contributed by atoms with Crippen LogP contribution in [0.15, 0.2) is 76.4 Å². The molecule has 1 fully saturated rings. The van der Waals surface area contributed by atoms with Crippen molar-refractivity contribution in [3.05, 3.63) is 94.6 Å². The van der Waals surface area contributed by atoms with Gasteiger partial charge in [-0.15, -0.1) is 0 Å². The zero-order chi connectivity index (χ0) is 27.9. The highest BCUT2D eigenvalue weighted by Crippen LogP contribution is 2.33. The number of nitrogens with zero attached hydrogens (tertiary/aromatic N) is 4. The maximum absolute atomic E-state index is 13.2. The molecule has 3 aromatic heterocycles. The van der Waals surface area contributed by atoms with Crippen LogP contribution in [0.4, 0.5) is 0 Å². The highest BCUT2D eigenvalue weighted by atomic mass is 16.3. The van der Waals surface area contributed by atoms with E-state index in [4.69, 9.17) is 4.42 Å².